The summed E-state index contributed by atoms with van der Waals surface area (Å²) in [6.07, 6.45) is 1.81. The summed E-state index contributed by atoms with van der Waals surface area (Å²) in [7, 11) is 0. The largest absolute Gasteiger partial charge is 0.295 e. The number of pyridine rings is 1. The lowest BCUT2D eigenvalue weighted by molar-refractivity contribution is 0.280. The minimum Gasteiger partial charge on any atom is -0.295 e. The molecule has 0 aliphatic carbocycles. The Balaban J connectivity index is 1.92. The number of likely N-dealkylation sites (tertiary alicyclic amines) is 1. The molecule has 1 saturated heterocycles. The molecule has 1 aliphatic heterocycles. The zero-order valence-corrected chi connectivity index (χ0v) is 7.49. The van der Waals surface area contributed by atoms with E-state index in [-0.39, 0.29) is 0 Å². The van der Waals surface area contributed by atoms with E-state index < -0.39 is 6.17 Å². The highest BCUT2D eigenvalue weighted by Crippen LogP contribution is 2.14. The van der Waals surface area contributed by atoms with Crippen LogP contribution in [0.2, 0.25) is 0 Å². The lowest BCUT2D eigenvalue weighted by atomic mass is 10.3. The van der Waals surface area contributed by atoms with Gasteiger partial charge in [-0.3, -0.25) is 9.88 Å². The van der Waals surface area contributed by atoms with E-state index in [1.165, 1.54) is 0 Å². The van der Waals surface area contributed by atoms with E-state index in [2.05, 4.69) is 9.88 Å². The number of aromatic nitrogens is 1. The number of halogens is 1. The number of alkyl halides is 1. The predicted molar refractivity (Wildman–Crippen MR) is 49.0 cm³/mol. The molecule has 0 radical (unpaired) electrons. The van der Waals surface area contributed by atoms with E-state index in [0.717, 1.165) is 18.8 Å². The molecule has 0 N–H and O–H groups in total. The third kappa shape index (κ3) is 2.25. The molecule has 2 nitrogen and oxygen atoms in total. The molecule has 0 saturated carbocycles. The molecule has 70 valence electrons. The Morgan fingerprint density at radius 2 is 2.46 bits per heavy atom. The highest BCUT2D eigenvalue weighted by Gasteiger charge is 2.21. The third-order valence-electron chi connectivity index (χ3n) is 2.33. The van der Waals surface area contributed by atoms with E-state index in [1.807, 2.05) is 18.2 Å². The maximum Gasteiger partial charge on any atom is 0.114 e. The summed E-state index contributed by atoms with van der Waals surface area (Å²) in [6.45, 7) is 2.20. The van der Waals surface area contributed by atoms with Crippen molar-refractivity contribution in [3.8, 4) is 0 Å². The molecule has 0 spiro atoms. The molecule has 1 aromatic rings. The van der Waals surface area contributed by atoms with Crippen LogP contribution >= 0.6 is 0 Å². The normalized spacial score (nSPS) is 23.6. The van der Waals surface area contributed by atoms with Gasteiger partial charge in [0.25, 0.3) is 0 Å². The van der Waals surface area contributed by atoms with Gasteiger partial charge in [0.15, 0.2) is 0 Å². The summed E-state index contributed by atoms with van der Waals surface area (Å²) in [5.74, 6) is 0. The molecule has 2 rings (SSSR count). The maximum absolute atomic E-state index is 12.8. The molecular formula is C10H13FN2. The van der Waals surface area contributed by atoms with Crippen LogP contribution in [0.15, 0.2) is 24.4 Å². The van der Waals surface area contributed by atoms with Crippen LogP contribution in [0, 0.1) is 0 Å². The Bertz CT molecular complexity index is 263. The minimum absolute atomic E-state index is 0.566. The van der Waals surface area contributed by atoms with Gasteiger partial charge in [0.1, 0.15) is 6.17 Å². The van der Waals surface area contributed by atoms with Crippen molar-refractivity contribution in [2.24, 2.45) is 0 Å². The van der Waals surface area contributed by atoms with Crippen molar-refractivity contribution in [2.45, 2.75) is 19.1 Å². The third-order valence-corrected chi connectivity index (χ3v) is 2.33. The smallest absolute Gasteiger partial charge is 0.114 e. The molecule has 1 aliphatic rings. The predicted octanol–water partition coefficient (Wildman–Crippen LogP) is 1.63. The Morgan fingerprint density at radius 1 is 1.54 bits per heavy atom. The van der Waals surface area contributed by atoms with Crippen molar-refractivity contribution in [1.29, 1.82) is 0 Å². The number of hydrogen-bond acceptors (Lipinski definition) is 2. The summed E-state index contributed by atoms with van der Waals surface area (Å²) in [4.78, 5) is 6.31. The van der Waals surface area contributed by atoms with Gasteiger partial charge in [0.05, 0.1) is 5.69 Å². The van der Waals surface area contributed by atoms with Gasteiger partial charge in [0, 0.05) is 25.8 Å². The molecule has 1 atom stereocenters. The fourth-order valence-electron chi connectivity index (χ4n) is 1.65. The van der Waals surface area contributed by atoms with Gasteiger partial charge in [0.2, 0.25) is 0 Å². The van der Waals surface area contributed by atoms with Gasteiger partial charge in [-0.25, -0.2) is 4.39 Å². The standard InChI is InChI=1S/C10H13FN2/c11-9-4-6-13(7-9)8-10-3-1-2-5-12-10/h1-3,5,9H,4,6-8H2. The van der Waals surface area contributed by atoms with E-state index in [9.17, 15) is 4.39 Å². The average Bonchev–Trinajstić information content (AvgIpc) is 2.53. The van der Waals surface area contributed by atoms with Gasteiger partial charge >= 0.3 is 0 Å². The SMILES string of the molecule is FC1CCN(Cc2ccccn2)C1. The lowest BCUT2D eigenvalue weighted by Gasteiger charge is -2.13. The highest BCUT2D eigenvalue weighted by molar-refractivity contribution is 5.03. The molecule has 0 amide bonds. The van der Waals surface area contributed by atoms with Gasteiger partial charge in [-0.15, -0.1) is 0 Å². The van der Waals surface area contributed by atoms with E-state index >= 15 is 0 Å². The quantitative estimate of drug-likeness (QED) is 0.687. The highest BCUT2D eigenvalue weighted by atomic mass is 19.1. The van der Waals surface area contributed by atoms with Crippen molar-refractivity contribution < 1.29 is 4.39 Å². The summed E-state index contributed by atoms with van der Waals surface area (Å²) < 4.78 is 12.8. The zero-order chi connectivity index (χ0) is 9.10. The Morgan fingerprint density at radius 3 is 3.08 bits per heavy atom. The second-order valence-corrected chi connectivity index (χ2v) is 3.44. The first kappa shape index (κ1) is 8.63. The molecule has 1 unspecified atom stereocenters. The van der Waals surface area contributed by atoms with E-state index in [0.29, 0.717) is 13.0 Å². The van der Waals surface area contributed by atoms with Crippen LogP contribution in [0.5, 0.6) is 0 Å². The lowest BCUT2D eigenvalue weighted by Crippen LogP contribution is -2.20. The molecule has 3 heteroatoms. The van der Waals surface area contributed by atoms with Gasteiger partial charge < -0.3 is 0 Å². The molecule has 1 aromatic heterocycles. The fraction of sp³-hybridized carbons (Fsp3) is 0.500. The van der Waals surface area contributed by atoms with Gasteiger partial charge in [-0.2, -0.15) is 0 Å². The number of nitrogens with zero attached hydrogens (tertiary/aromatic N) is 2. The van der Waals surface area contributed by atoms with Crippen molar-refractivity contribution in [2.75, 3.05) is 13.1 Å². The summed E-state index contributed by atoms with van der Waals surface area (Å²) >= 11 is 0. The molecule has 1 fully saturated rings. The van der Waals surface area contributed by atoms with Gasteiger partial charge in [-0.05, 0) is 18.6 Å². The van der Waals surface area contributed by atoms with Crippen LogP contribution in [0.1, 0.15) is 12.1 Å². The molecular weight excluding hydrogens is 167 g/mol. The second kappa shape index (κ2) is 3.83. The van der Waals surface area contributed by atoms with Crippen LogP contribution in [-0.2, 0) is 6.54 Å². The van der Waals surface area contributed by atoms with E-state index in [4.69, 9.17) is 0 Å². The first-order valence-electron chi connectivity index (χ1n) is 4.61. The molecule has 13 heavy (non-hydrogen) atoms. The first-order valence-corrected chi connectivity index (χ1v) is 4.61. The Hall–Kier alpha value is -0.960. The van der Waals surface area contributed by atoms with Crippen molar-refractivity contribution in [1.82, 2.24) is 9.88 Å². The topological polar surface area (TPSA) is 16.1 Å². The van der Waals surface area contributed by atoms with Gasteiger partial charge in [-0.1, -0.05) is 6.07 Å². The van der Waals surface area contributed by atoms with Crippen LogP contribution in [0.3, 0.4) is 0 Å². The number of rotatable bonds is 2. The molecule has 2 heterocycles. The summed E-state index contributed by atoms with van der Waals surface area (Å²) in [5.41, 5.74) is 1.02. The second-order valence-electron chi connectivity index (χ2n) is 3.44. The summed E-state index contributed by atoms with van der Waals surface area (Å²) in [5, 5.41) is 0. The average molecular weight is 180 g/mol. The fourth-order valence-corrected chi connectivity index (χ4v) is 1.65. The number of hydrogen-bond donors (Lipinski definition) is 0. The van der Waals surface area contributed by atoms with Crippen LogP contribution < -0.4 is 0 Å². The van der Waals surface area contributed by atoms with E-state index in [1.54, 1.807) is 6.20 Å². The zero-order valence-electron chi connectivity index (χ0n) is 7.49. The van der Waals surface area contributed by atoms with Crippen LogP contribution in [0.25, 0.3) is 0 Å². The maximum atomic E-state index is 12.8. The van der Waals surface area contributed by atoms with Crippen LogP contribution in [-0.4, -0.2) is 29.1 Å². The Kier molecular flexibility index (Phi) is 2.54. The summed E-state index contributed by atoms with van der Waals surface area (Å²) in [6, 6.07) is 5.84. The molecule has 0 aromatic carbocycles. The van der Waals surface area contributed by atoms with Crippen molar-refractivity contribution in [3.63, 3.8) is 0 Å². The monoisotopic (exact) mass is 180 g/mol. The van der Waals surface area contributed by atoms with Crippen molar-refractivity contribution >= 4 is 0 Å². The van der Waals surface area contributed by atoms with Crippen LogP contribution in [0.4, 0.5) is 4.39 Å². The first-order chi connectivity index (χ1) is 6.34. The van der Waals surface area contributed by atoms with Crippen molar-refractivity contribution in [3.05, 3.63) is 30.1 Å². The minimum atomic E-state index is -0.635. The molecule has 0 bridgehead atoms. The Labute approximate surface area is 77.4 Å².